The number of rotatable bonds is 5. The third-order valence-corrected chi connectivity index (χ3v) is 5.10. The number of hydrogen-bond donors (Lipinski definition) is 1. The number of nitrogens with one attached hydrogen (secondary N) is 1. The maximum atomic E-state index is 12.4. The van der Waals surface area contributed by atoms with Crippen molar-refractivity contribution in [3.8, 4) is 0 Å². The van der Waals surface area contributed by atoms with Crippen LogP contribution in [0.25, 0.3) is 0 Å². The molecule has 128 valence electrons. The molecule has 1 aliphatic heterocycles. The van der Waals surface area contributed by atoms with Gasteiger partial charge in [0.05, 0.1) is 0 Å². The minimum absolute atomic E-state index is 0.227. The molecule has 1 saturated heterocycles. The summed E-state index contributed by atoms with van der Waals surface area (Å²) in [4.78, 5) is 14.4. The number of benzene rings is 1. The topological polar surface area (TPSA) is 74.8 Å². The lowest BCUT2D eigenvalue weighted by atomic mass is 9.93. The fourth-order valence-corrected chi connectivity index (χ4v) is 3.32. The van der Waals surface area contributed by atoms with Crippen LogP contribution in [0.1, 0.15) is 36.2 Å². The first kappa shape index (κ1) is 16.9. The van der Waals surface area contributed by atoms with Gasteiger partial charge >= 0.3 is 0 Å². The number of likely N-dealkylation sites (tertiary alicyclic amines) is 1. The molecule has 0 bridgehead atoms. The molecule has 0 saturated carbocycles. The van der Waals surface area contributed by atoms with E-state index in [1.54, 1.807) is 0 Å². The van der Waals surface area contributed by atoms with Gasteiger partial charge in [0.1, 0.15) is 0 Å². The van der Waals surface area contributed by atoms with Gasteiger partial charge < -0.3 is 4.90 Å². The van der Waals surface area contributed by atoms with E-state index in [4.69, 9.17) is 11.6 Å². The normalized spacial score (nSPS) is 15.7. The van der Waals surface area contributed by atoms with Crippen molar-refractivity contribution in [2.24, 2.45) is 5.92 Å². The van der Waals surface area contributed by atoms with Crippen molar-refractivity contribution in [3.63, 3.8) is 0 Å². The zero-order valence-electron chi connectivity index (χ0n) is 13.8. The van der Waals surface area contributed by atoms with E-state index in [0.717, 1.165) is 60.7 Å². The van der Waals surface area contributed by atoms with Crippen LogP contribution in [-0.2, 0) is 17.6 Å². The number of nitrogens with zero attached hydrogens (tertiary/aromatic N) is 4. The van der Waals surface area contributed by atoms with Crippen LogP contribution in [0.3, 0.4) is 0 Å². The molecule has 2 aromatic rings. The second-order valence-corrected chi connectivity index (χ2v) is 6.85. The van der Waals surface area contributed by atoms with E-state index >= 15 is 0 Å². The molecule has 0 atom stereocenters. The van der Waals surface area contributed by atoms with Gasteiger partial charge in [-0.3, -0.25) is 4.79 Å². The van der Waals surface area contributed by atoms with Crippen LogP contribution in [0.4, 0.5) is 0 Å². The molecule has 0 aliphatic carbocycles. The monoisotopic (exact) mass is 347 g/mol. The van der Waals surface area contributed by atoms with Crippen LogP contribution in [-0.4, -0.2) is 44.5 Å². The van der Waals surface area contributed by atoms with Crippen molar-refractivity contribution in [3.05, 3.63) is 40.2 Å². The molecule has 7 heteroatoms. The second kappa shape index (κ2) is 7.75. The Morgan fingerprint density at radius 2 is 2.17 bits per heavy atom. The van der Waals surface area contributed by atoms with Crippen molar-refractivity contribution in [2.75, 3.05) is 13.1 Å². The van der Waals surface area contributed by atoms with E-state index in [0.29, 0.717) is 12.3 Å². The van der Waals surface area contributed by atoms with Crippen LogP contribution >= 0.6 is 11.6 Å². The van der Waals surface area contributed by atoms with Gasteiger partial charge in [0, 0.05) is 31.0 Å². The van der Waals surface area contributed by atoms with Crippen LogP contribution < -0.4 is 0 Å². The highest BCUT2D eigenvalue weighted by Gasteiger charge is 2.23. The molecule has 6 nitrogen and oxygen atoms in total. The van der Waals surface area contributed by atoms with E-state index in [9.17, 15) is 4.79 Å². The van der Waals surface area contributed by atoms with Gasteiger partial charge in [-0.05, 0) is 49.3 Å². The zero-order chi connectivity index (χ0) is 16.9. The summed E-state index contributed by atoms with van der Waals surface area (Å²) in [6.07, 6.45) is 4.10. The Balaban J connectivity index is 1.44. The molecule has 1 aromatic carbocycles. The molecule has 0 radical (unpaired) electrons. The highest BCUT2D eigenvalue weighted by atomic mass is 35.5. The third kappa shape index (κ3) is 4.32. The number of carbonyl (C=O) groups is 1. The molecule has 1 aliphatic rings. The minimum Gasteiger partial charge on any atom is -0.343 e. The molecular formula is C17H22ClN5O. The molecule has 1 amide bonds. The third-order valence-electron chi connectivity index (χ3n) is 4.69. The number of H-pyrrole nitrogens is 1. The van der Waals surface area contributed by atoms with E-state index in [2.05, 4.69) is 20.6 Å². The van der Waals surface area contributed by atoms with Gasteiger partial charge in [-0.15, -0.1) is 10.2 Å². The number of carbonyl (C=O) groups excluding carboxylic acids is 1. The van der Waals surface area contributed by atoms with Crippen molar-refractivity contribution >= 4 is 17.5 Å². The molecule has 1 aromatic heterocycles. The predicted molar refractivity (Wildman–Crippen MR) is 91.7 cm³/mol. The Hall–Kier alpha value is -1.95. The Morgan fingerprint density at radius 1 is 1.38 bits per heavy atom. The molecule has 2 heterocycles. The van der Waals surface area contributed by atoms with Crippen LogP contribution in [0, 0.1) is 12.8 Å². The van der Waals surface area contributed by atoms with Gasteiger partial charge in [0.2, 0.25) is 5.91 Å². The van der Waals surface area contributed by atoms with Gasteiger partial charge in [0.15, 0.2) is 5.82 Å². The average Bonchev–Trinajstić information content (AvgIpc) is 3.09. The Labute approximate surface area is 146 Å². The van der Waals surface area contributed by atoms with E-state index < -0.39 is 0 Å². The van der Waals surface area contributed by atoms with Crippen molar-refractivity contribution in [1.29, 1.82) is 0 Å². The van der Waals surface area contributed by atoms with E-state index in [-0.39, 0.29) is 5.91 Å². The maximum absolute atomic E-state index is 12.4. The summed E-state index contributed by atoms with van der Waals surface area (Å²) in [5.41, 5.74) is 2.18. The van der Waals surface area contributed by atoms with Crippen LogP contribution in [0.5, 0.6) is 0 Å². The SMILES string of the molecule is Cc1ccc(CCC(=O)N2CCC(Cc3nn[nH]n3)CC2)cc1Cl. The first-order valence-electron chi connectivity index (χ1n) is 8.37. The summed E-state index contributed by atoms with van der Waals surface area (Å²) in [5.74, 6) is 1.52. The van der Waals surface area contributed by atoms with Crippen molar-refractivity contribution in [2.45, 2.75) is 39.0 Å². The summed E-state index contributed by atoms with van der Waals surface area (Å²) in [6, 6.07) is 6.01. The number of amides is 1. The first-order chi connectivity index (χ1) is 11.6. The number of hydrogen-bond acceptors (Lipinski definition) is 4. The number of piperidine rings is 1. The quantitative estimate of drug-likeness (QED) is 0.902. The summed E-state index contributed by atoms with van der Waals surface area (Å²) >= 11 is 6.14. The molecular weight excluding hydrogens is 326 g/mol. The first-order valence-corrected chi connectivity index (χ1v) is 8.74. The Kier molecular flexibility index (Phi) is 5.45. The highest BCUT2D eigenvalue weighted by Crippen LogP contribution is 2.22. The number of aryl methyl sites for hydroxylation is 2. The number of tetrazole rings is 1. The number of halogens is 1. The molecule has 1 N–H and O–H groups in total. The minimum atomic E-state index is 0.227. The molecule has 0 spiro atoms. The zero-order valence-corrected chi connectivity index (χ0v) is 14.6. The summed E-state index contributed by atoms with van der Waals surface area (Å²) in [5, 5.41) is 14.8. The highest BCUT2D eigenvalue weighted by molar-refractivity contribution is 6.31. The van der Waals surface area contributed by atoms with Crippen LogP contribution in [0.15, 0.2) is 18.2 Å². The van der Waals surface area contributed by atoms with Crippen molar-refractivity contribution in [1.82, 2.24) is 25.5 Å². The molecule has 24 heavy (non-hydrogen) atoms. The number of aromatic amines is 1. The fraction of sp³-hybridized carbons (Fsp3) is 0.529. The predicted octanol–water partition coefficient (Wildman–Crippen LogP) is 2.58. The molecule has 0 unspecified atom stereocenters. The van der Waals surface area contributed by atoms with Gasteiger partial charge in [0.25, 0.3) is 0 Å². The lowest BCUT2D eigenvalue weighted by Gasteiger charge is -2.31. The van der Waals surface area contributed by atoms with Gasteiger partial charge in [-0.25, -0.2) is 0 Å². The summed E-state index contributed by atoms with van der Waals surface area (Å²) < 4.78 is 0. The molecule has 1 fully saturated rings. The fourth-order valence-electron chi connectivity index (χ4n) is 3.11. The summed E-state index contributed by atoms with van der Waals surface area (Å²) in [6.45, 7) is 3.61. The number of aromatic nitrogens is 4. The lowest BCUT2D eigenvalue weighted by molar-refractivity contribution is -0.132. The van der Waals surface area contributed by atoms with Gasteiger partial charge in [-0.1, -0.05) is 28.9 Å². The van der Waals surface area contributed by atoms with E-state index in [1.807, 2.05) is 30.0 Å². The lowest BCUT2D eigenvalue weighted by Crippen LogP contribution is -2.39. The van der Waals surface area contributed by atoms with E-state index in [1.165, 1.54) is 0 Å². The second-order valence-electron chi connectivity index (χ2n) is 6.44. The average molecular weight is 348 g/mol. The van der Waals surface area contributed by atoms with Crippen molar-refractivity contribution < 1.29 is 4.79 Å². The standard InChI is InChI=1S/C17H22ClN5O/c1-12-2-3-13(10-15(12)18)4-5-17(24)23-8-6-14(7-9-23)11-16-19-21-22-20-16/h2-3,10,14H,4-9,11H2,1H3,(H,19,20,21,22). The summed E-state index contributed by atoms with van der Waals surface area (Å²) in [7, 11) is 0. The maximum Gasteiger partial charge on any atom is 0.222 e. The smallest absolute Gasteiger partial charge is 0.222 e. The Morgan fingerprint density at radius 3 is 2.83 bits per heavy atom. The van der Waals surface area contributed by atoms with Gasteiger partial charge in [-0.2, -0.15) is 5.21 Å². The Bertz CT molecular complexity index is 680. The largest absolute Gasteiger partial charge is 0.343 e. The molecule has 3 rings (SSSR count). The van der Waals surface area contributed by atoms with Crippen LogP contribution in [0.2, 0.25) is 5.02 Å².